The fraction of sp³-hybridized carbons (Fsp3) is 0.667. The predicted octanol–water partition coefficient (Wildman–Crippen LogP) is 1.58. The standard InChI is InChI=1S/C24H36N4O2/c1-18(29)25-10-11-26-24(30)21-7-4-12-28(17-21)22-8-13-27(14-9-22)23-15-19-5-2-3-6-20(19)16-23/h2-3,5-6,21-23H,4,7-17H2,1H3,(H,25,29)(H,26,30)/t21-/m0/s1. The molecule has 0 spiro atoms. The van der Waals surface area contributed by atoms with E-state index >= 15 is 0 Å². The molecule has 0 saturated carbocycles. The molecule has 2 saturated heterocycles. The number of piperidine rings is 2. The van der Waals surface area contributed by atoms with Gasteiger partial charge in [-0.2, -0.15) is 0 Å². The summed E-state index contributed by atoms with van der Waals surface area (Å²) >= 11 is 0. The molecule has 0 radical (unpaired) electrons. The molecule has 0 unspecified atom stereocenters. The van der Waals surface area contributed by atoms with Gasteiger partial charge in [0.2, 0.25) is 11.8 Å². The molecule has 4 rings (SSSR count). The van der Waals surface area contributed by atoms with Gasteiger partial charge < -0.3 is 10.6 Å². The number of fused-ring (bicyclic) bond motifs is 1. The van der Waals surface area contributed by atoms with Crippen molar-refractivity contribution < 1.29 is 9.59 Å². The second-order valence-corrected chi connectivity index (χ2v) is 9.21. The molecule has 1 aliphatic carbocycles. The molecule has 30 heavy (non-hydrogen) atoms. The number of carbonyl (C=O) groups is 2. The van der Waals surface area contributed by atoms with E-state index in [1.165, 1.54) is 56.8 Å². The highest BCUT2D eigenvalue weighted by Gasteiger charge is 2.34. The first-order valence-electron chi connectivity index (χ1n) is 11.7. The molecule has 3 aliphatic rings. The van der Waals surface area contributed by atoms with Crippen molar-refractivity contribution in [2.24, 2.45) is 5.92 Å². The Morgan fingerprint density at radius 2 is 1.57 bits per heavy atom. The summed E-state index contributed by atoms with van der Waals surface area (Å²) in [4.78, 5) is 28.8. The fourth-order valence-electron chi connectivity index (χ4n) is 5.53. The lowest BCUT2D eigenvalue weighted by atomic mass is 9.92. The van der Waals surface area contributed by atoms with Crippen molar-refractivity contribution in [3.05, 3.63) is 35.4 Å². The van der Waals surface area contributed by atoms with Crippen LogP contribution in [0.25, 0.3) is 0 Å². The Kier molecular flexibility index (Phi) is 7.05. The van der Waals surface area contributed by atoms with Crippen molar-refractivity contribution in [1.82, 2.24) is 20.4 Å². The Hall–Kier alpha value is -1.92. The van der Waals surface area contributed by atoms with Crippen LogP contribution in [0.5, 0.6) is 0 Å². The molecule has 0 aromatic heterocycles. The number of rotatable bonds is 6. The van der Waals surface area contributed by atoms with E-state index in [0.29, 0.717) is 25.2 Å². The molecule has 1 aromatic carbocycles. The summed E-state index contributed by atoms with van der Waals surface area (Å²) in [5.41, 5.74) is 3.07. The summed E-state index contributed by atoms with van der Waals surface area (Å²) in [6, 6.07) is 10.2. The third-order valence-corrected chi connectivity index (χ3v) is 7.18. The van der Waals surface area contributed by atoms with Crippen LogP contribution in [0.1, 0.15) is 43.7 Å². The highest BCUT2D eigenvalue weighted by atomic mass is 16.2. The Morgan fingerprint density at radius 3 is 2.23 bits per heavy atom. The maximum Gasteiger partial charge on any atom is 0.224 e. The van der Waals surface area contributed by atoms with E-state index in [4.69, 9.17) is 0 Å². The van der Waals surface area contributed by atoms with Gasteiger partial charge in [0.25, 0.3) is 0 Å². The van der Waals surface area contributed by atoms with E-state index in [9.17, 15) is 9.59 Å². The molecule has 1 aromatic rings. The van der Waals surface area contributed by atoms with Crippen LogP contribution >= 0.6 is 0 Å². The van der Waals surface area contributed by atoms with Gasteiger partial charge >= 0.3 is 0 Å². The second kappa shape index (κ2) is 9.92. The van der Waals surface area contributed by atoms with Gasteiger partial charge in [-0.3, -0.25) is 19.4 Å². The topological polar surface area (TPSA) is 64.7 Å². The molecule has 2 amide bonds. The van der Waals surface area contributed by atoms with E-state index in [0.717, 1.165) is 25.9 Å². The van der Waals surface area contributed by atoms with Gasteiger partial charge in [0, 0.05) is 38.6 Å². The van der Waals surface area contributed by atoms with Crippen LogP contribution in [0.3, 0.4) is 0 Å². The van der Waals surface area contributed by atoms with Crippen LogP contribution in [-0.2, 0) is 22.4 Å². The van der Waals surface area contributed by atoms with Crippen molar-refractivity contribution in [1.29, 1.82) is 0 Å². The zero-order valence-electron chi connectivity index (χ0n) is 18.2. The quantitative estimate of drug-likeness (QED) is 0.697. The maximum absolute atomic E-state index is 12.5. The molecule has 6 nitrogen and oxygen atoms in total. The SMILES string of the molecule is CC(=O)NCCNC(=O)[C@H]1CCCN(C2CCN(C3Cc4ccccc4C3)CC2)C1. The second-order valence-electron chi connectivity index (χ2n) is 9.21. The van der Waals surface area contributed by atoms with Gasteiger partial charge in [-0.1, -0.05) is 24.3 Å². The Bertz CT molecular complexity index is 719. The van der Waals surface area contributed by atoms with Crippen molar-refractivity contribution in [2.75, 3.05) is 39.3 Å². The van der Waals surface area contributed by atoms with Gasteiger partial charge in [0.05, 0.1) is 5.92 Å². The minimum absolute atomic E-state index is 0.0547. The number of hydrogen-bond acceptors (Lipinski definition) is 4. The van der Waals surface area contributed by atoms with Crippen molar-refractivity contribution in [2.45, 2.75) is 57.5 Å². The molecule has 2 aliphatic heterocycles. The van der Waals surface area contributed by atoms with Crippen LogP contribution in [0.15, 0.2) is 24.3 Å². The van der Waals surface area contributed by atoms with Gasteiger partial charge in [0.15, 0.2) is 0 Å². The maximum atomic E-state index is 12.5. The van der Waals surface area contributed by atoms with Gasteiger partial charge in [-0.15, -0.1) is 0 Å². The van der Waals surface area contributed by atoms with Crippen molar-refractivity contribution >= 4 is 11.8 Å². The first-order valence-corrected chi connectivity index (χ1v) is 11.7. The monoisotopic (exact) mass is 412 g/mol. The average molecular weight is 413 g/mol. The van der Waals surface area contributed by atoms with Crippen LogP contribution in [0.2, 0.25) is 0 Å². The van der Waals surface area contributed by atoms with Crippen molar-refractivity contribution in [3.8, 4) is 0 Å². The number of carbonyl (C=O) groups excluding carboxylic acids is 2. The largest absolute Gasteiger partial charge is 0.355 e. The normalized spacial score (nSPS) is 23.8. The number of hydrogen-bond donors (Lipinski definition) is 2. The molecule has 0 bridgehead atoms. The summed E-state index contributed by atoms with van der Waals surface area (Å²) in [7, 11) is 0. The molecule has 2 fully saturated rings. The molecule has 2 heterocycles. The number of benzene rings is 1. The third kappa shape index (κ3) is 5.22. The van der Waals surface area contributed by atoms with E-state index < -0.39 is 0 Å². The van der Waals surface area contributed by atoms with Gasteiger partial charge in [-0.25, -0.2) is 0 Å². The Balaban J connectivity index is 1.21. The van der Waals surface area contributed by atoms with Gasteiger partial charge in [-0.05, 0) is 69.3 Å². The minimum atomic E-state index is -0.0547. The van der Waals surface area contributed by atoms with Crippen LogP contribution < -0.4 is 10.6 Å². The zero-order valence-corrected chi connectivity index (χ0v) is 18.2. The number of nitrogens with zero attached hydrogens (tertiary/aromatic N) is 2. The molecule has 1 atom stereocenters. The van der Waals surface area contributed by atoms with E-state index in [1.54, 1.807) is 0 Å². The molecule has 6 heteroatoms. The lowest BCUT2D eigenvalue weighted by molar-refractivity contribution is -0.127. The Labute approximate surface area is 180 Å². The molecule has 164 valence electrons. The smallest absolute Gasteiger partial charge is 0.224 e. The van der Waals surface area contributed by atoms with E-state index in [-0.39, 0.29) is 17.7 Å². The fourth-order valence-corrected chi connectivity index (χ4v) is 5.53. The highest BCUT2D eigenvalue weighted by molar-refractivity contribution is 5.79. The lowest BCUT2D eigenvalue weighted by Gasteiger charge is -2.43. The highest BCUT2D eigenvalue weighted by Crippen LogP contribution is 2.29. The van der Waals surface area contributed by atoms with E-state index in [2.05, 4.69) is 44.7 Å². The summed E-state index contributed by atoms with van der Waals surface area (Å²) in [5.74, 6) is 0.172. The number of amides is 2. The molecule has 2 N–H and O–H groups in total. The summed E-state index contributed by atoms with van der Waals surface area (Å²) in [6.07, 6.45) is 6.90. The minimum Gasteiger partial charge on any atom is -0.355 e. The first kappa shape index (κ1) is 21.3. The van der Waals surface area contributed by atoms with E-state index in [1.807, 2.05) is 0 Å². The van der Waals surface area contributed by atoms with Gasteiger partial charge in [0.1, 0.15) is 0 Å². The van der Waals surface area contributed by atoms with Crippen LogP contribution in [-0.4, -0.2) is 73.0 Å². The molecular weight excluding hydrogens is 376 g/mol. The summed E-state index contributed by atoms with van der Waals surface area (Å²) in [6.45, 7) is 6.86. The first-order chi connectivity index (χ1) is 14.6. The summed E-state index contributed by atoms with van der Waals surface area (Å²) in [5, 5.41) is 5.72. The zero-order chi connectivity index (χ0) is 20.9. The lowest BCUT2D eigenvalue weighted by Crippen LogP contribution is -2.52. The van der Waals surface area contributed by atoms with Crippen molar-refractivity contribution in [3.63, 3.8) is 0 Å². The van der Waals surface area contributed by atoms with Crippen LogP contribution in [0, 0.1) is 5.92 Å². The predicted molar refractivity (Wildman–Crippen MR) is 118 cm³/mol. The summed E-state index contributed by atoms with van der Waals surface area (Å²) < 4.78 is 0. The Morgan fingerprint density at radius 1 is 0.900 bits per heavy atom. The number of likely N-dealkylation sites (tertiary alicyclic amines) is 2. The molecular formula is C24H36N4O2. The number of nitrogens with one attached hydrogen (secondary N) is 2. The third-order valence-electron chi connectivity index (χ3n) is 7.18. The average Bonchev–Trinajstić information content (AvgIpc) is 3.21. The van der Waals surface area contributed by atoms with Crippen LogP contribution in [0.4, 0.5) is 0 Å².